The predicted octanol–water partition coefficient (Wildman–Crippen LogP) is 0.237. The van der Waals surface area contributed by atoms with Crippen LogP contribution in [0.1, 0.15) is 15.9 Å². The number of ether oxygens (including phenoxy) is 1. The fourth-order valence-corrected chi connectivity index (χ4v) is 1.48. The first-order valence-electron chi connectivity index (χ1n) is 4.77. The number of rotatable bonds is 5. The van der Waals surface area contributed by atoms with E-state index >= 15 is 0 Å². The van der Waals surface area contributed by atoms with Crippen molar-refractivity contribution in [3.8, 4) is 5.75 Å². The van der Waals surface area contributed by atoms with E-state index in [0.717, 1.165) is 0 Å². The number of primary amides is 1. The van der Waals surface area contributed by atoms with Crippen molar-refractivity contribution in [2.45, 2.75) is 6.42 Å². The average molecular weight is 240 g/mol. The normalized spacial score (nSPS) is 10.0. The van der Waals surface area contributed by atoms with Crippen LogP contribution in [-0.4, -0.2) is 29.7 Å². The molecular formula is C10H12N2O5. The standard InChI is InChI=1S/C10H12N2O5/c1-17-9-7(10(11)14)4-6(2-3-13)5-8(9)12(15)16/h4-5,13H,2-3H2,1H3,(H2,11,14). The van der Waals surface area contributed by atoms with Gasteiger partial charge in [0.15, 0.2) is 0 Å². The summed E-state index contributed by atoms with van der Waals surface area (Å²) in [5.41, 5.74) is 5.17. The lowest BCUT2D eigenvalue weighted by Gasteiger charge is -2.08. The van der Waals surface area contributed by atoms with E-state index in [2.05, 4.69) is 0 Å². The van der Waals surface area contributed by atoms with Gasteiger partial charge in [-0.05, 0) is 18.1 Å². The number of nitro benzene ring substituents is 1. The van der Waals surface area contributed by atoms with Crippen LogP contribution in [0, 0.1) is 10.1 Å². The molecule has 1 aromatic carbocycles. The SMILES string of the molecule is COc1c(C(N)=O)cc(CCO)cc1[N+](=O)[O-]. The van der Waals surface area contributed by atoms with Gasteiger partial charge in [-0.1, -0.05) is 0 Å². The number of aliphatic hydroxyl groups is 1. The topological polar surface area (TPSA) is 116 Å². The summed E-state index contributed by atoms with van der Waals surface area (Å²) < 4.78 is 4.83. The van der Waals surface area contributed by atoms with E-state index in [1.54, 1.807) is 0 Å². The number of nitro groups is 1. The molecule has 7 heteroatoms. The summed E-state index contributed by atoms with van der Waals surface area (Å²) in [4.78, 5) is 21.3. The third kappa shape index (κ3) is 2.70. The Morgan fingerprint density at radius 3 is 2.65 bits per heavy atom. The first kappa shape index (κ1) is 12.9. The van der Waals surface area contributed by atoms with Gasteiger partial charge in [0, 0.05) is 12.7 Å². The van der Waals surface area contributed by atoms with Gasteiger partial charge in [0.05, 0.1) is 17.6 Å². The third-order valence-corrected chi connectivity index (χ3v) is 2.20. The molecule has 0 spiro atoms. The fourth-order valence-electron chi connectivity index (χ4n) is 1.48. The first-order chi connectivity index (χ1) is 8.01. The molecular weight excluding hydrogens is 228 g/mol. The molecule has 0 bridgehead atoms. The van der Waals surface area contributed by atoms with E-state index < -0.39 is 10.8 Å². The molecule has 0 saturated heterocycles. The van der Waals surface area contributed by atoms with Crippen molar-refractivity contribution < 1.29 is 19.6 Å². The molecule has 0 aliphatic rings. The molecule has 0 saturated carbocycles. The zero-order chi connectivity index (χ0) is 13.0. The molecule has 1 rings (SSSR count). The lowest BCUT2D eigenvalue weighted by Crippen LogP contribution is -2.14. The van der Waals surface area contributed by atoms with Gasteiger partial charge in [0.25, 0.3) is 5.91 Å². The molecule has 7 nitrogen and oxygen atoms in total. The Morgan fingerprint density at radius 2 is 2.24 bits per heavy atom. The number of hydrogen-bond acceptors (Lipinski definition) is 5. The number of hydrogen-bond donors (Lipinski definition) is 2. The highest BCUT2D eigenvalue weighted by molar-refractivity contribution is 5.97. The summed E-state index contributed by atoms with van der Waals surface area (Å²) >= 11 is 0. The minimum absolute atomic E-state index is 0.0647. The summed E-state index contributed by atoms with van der Waals surface area (Å²) in [6.07, 6.45) is 0.200. The molecule has 3 N–H and O–H groups in total. The third-order valence-electron chi connectivity index (χ3n) is 2.20. The van der Waals surface area contributed by atoms with Crippen LogP contribution < -0.4 is 10.5 Å². The van der Waals surface area contributed by atoms with Crippen LogP contribution in [0.2, 0.25) is 0 Å². The lowest BCUT2D eigenvalue weighted by molar-refractivity contribution is -0.385. The van der Waals surface area contributed by atoms with Gasteiger partial charge < -0.3 is 15.6 Å². The molecule has 0 aliphatic heterocycles. The Labute approximate surface area is 97.0 Å². The van der Waals surface area contributed by atoms with E-state index in [0.29, 0.717) is 5.56 Å². The second-order valence-corrected chi connectivity index (χ2v) is 3.29. The Bertz CT molecular complexity index is 423. The molecule has 1 amide bonds. The van der Waals surface area contributed by atoms with E-state index in [1.165, 1.54) is 19.2 Å². The van der Waals surface area contributed by atoms with Crippen molar-refractivity contribution in [1.82, 2.24) is 0 Å². The predicted molar refractivity (Wildman–Crippen MR) is 59.0 cm³/mol. The molecule has 0 unspecified atom stereocenters. The average Bonchev–Trinajstić information content (AvgIpc) is 2.28. The van der Waals surface area contributed by atoms with Crippen molar-refractivity contribution >= 4 is 11.6 Å². The molecule has 0 aromatic heterocycles. The summed E-state index contributed by atoms with van der Waals surface area (Å²) in [5.74, 6) is -0.978. The summed E-state index contributed by atoms with van der Waals surface area (Å²) in [7, 11) is 1.22. The van der Waals surface area contributed by atoms with Gasteiger partial charge in [-0.15, -0.1) is 0 Å². The van der Waals surface area contributed by atoms with Crippen LogP contribution >= 0.6 is 0 Å². The number of methoxy groups -OCH3 is 1. The summed E-state index contributed by atoms with van der Waals surface area (Å²) in [5, 5.41) is 19.6. The Morgan fingerprint density at radius 1 is 1.59 bits per heavy atom. The van der Waals surface area contributed by atoms with Gasteiger partial charge in [0.2, 0.25) is 5.75 Å². The van der Waals surface area contributed by atoms with Gasteiger partial charge >= 0.3 is 5.69 Å². The minimum atomic E-state index is -0.815. The number of nitrogens with two attached hydrogens (primary N) is 1. The number of amides is 1. The molecule has 0 heterocycles. The van der Waals surface area contributed by atoms with Crippen molar-refractivity contribution in [2.24, 2.45) is 5.73 Å². The molecule has 0 fully saturated rings. The van der Waals surface area contributed by atoms with Crippen molar-refractivity contribution in [1.29, 1.82) is 0 Å². The van der Waals surface area contributed by atoms with Crippen LogP contribution in [0.3, 0.4) is 0 Å². The second kappa shape index (κ2) is 5.26. The quantitative estimate of drug-likeness (QED) is 0.564. The zero-order valence-electron chi connectivity index (χ0n) is 9.17. The van der Waals surface area contributed by atoms with Gasteiger partial charge in [-0.3, -0.25) is 14.9 Å². The number of aliphatic hydroxyl groups excluding tert-OH is 1. The highest BCUT2D eigenvalue weighted by Gasteiger charge is 2.23. The van der Waals surface area contributed by atoms with Gasteiger partial charge in [-0.25, -0.2) is 0 Å². The number of benzene rings is 1. The largest absolute Gasteiger partial charge is 0.490 e. The van der Waals surface area contributed by atoms with E-state index in [-0.39, 0.29) is 30.0 Å². The monoisotopic (exact) mass is 240 g/mol. The van der Waals surface area contributed by atoms with Crippen molar-refractivity contribution in [2.75, 3.05) is 13.7 Å². The molecule has 0 radical (unpaired) electrons. The van der Waals surface area contributed by atoms with Gasteiger partial charge in [0.1, 0.15) is 0 Å². The van der Waals surface area contributed by atoms with Crippen LogP contribution in [-0.2, 0) is 6.42 Å². The Kier molecular flexibility index (Phi) is 4.00. The lowest BCUT2D eigenvalue weighted by atomic mass is 10.1. The van der Waals surface area contributed by atoms with E-state index in [1.807, 2.05) is 0 Å². The number of carbonyl (C=O) groups excluding carboxylic acids is 1. The number of carbonyl (C=O) groups is 1. The Hall–Kier alpha value is -2.15. The molecule has 17 heavy (non-hydrogen) atoms. The van der Waals surface area contributed by atoms with E-state index in [9.17, 15) is 14.9 Å². The fraction of sp³-hybridized carbons (Fsp3) is 0.300. The maximum Gasteiger partial charge on any atom is 0.312 e. The molecule has 0 atom stereocenters. The summed E-state index contributed by atoms with van der Waals surface area (Å²) in [6, 6.07) is 2.63. The molecule has 0 aliphatic carbocycles. The van der Waals surface area contributed by atoms with Crippen LogP contribution in [0.15, 0.2) is 12.1 Å². The van der Waals surface area contributed by atoms with Crippen LogP contribution in [0.25, 0.3) is 0 Å². The maximum atomic E-state index is 11.2. The second-order valence-electron chi connectivity index (χ2n) is 3.29. The maximum absolute atomic E-state index is 11.2. The van der Waals surface area contributed by atoms with Crippen molar-refractivity contribution in [3.05, 3.63) is 33.4 Å². The smallest absolute Gasteiger partial charge is 0.312 e. The van der Waals surface area contributed by atoms with Crippen LogP contribution in [0.4, 0.5) is 5.69 Å². The zero-order valence-corrected chi connectivity index (χ0v) is 9.17. The highest BCUT2D eigenvalue weighted by atomic mass is 16.6. The summed E-state index contributed by atoms with van der Waals surface area (Å²) in [6.45, 7) is -0.179. The van der Waals surface area contributed by atoms with Crippen LogP contribution in [0.5, 0.6) is 5.75 Å². The van der Waals surface area contributed by atoms with E-state index in [4.69, 9.17) is 15.6 Å². The Balaban J connectivity index is 3.45. The highest BCUT2D eigenvalue weighted by Crippen LogP contribution is 2.32. The molecule has 1 aromatic rings. The first-order valence-corrected chi connectivity index (χ1v) is 4.77. The van der Waals surface area contributed by atoms with Crippen molar-refractivity contribution in [3.63, 3.8) is 0 Å². The molecule has 92 valence electrons. The van der Waals surface area contributed by atoms with Gasteiger partial charge in [-0.2, -0.15) is 0 Å². The number of nitrogens with zero attached hydrogens (tertiary/aromatic N) is 1. The minimum Gasteiger partial charge on any atom is -0.490 e.